The van der Waals surface area contributed by atoms with Crippen molar-refractivity contribution >= 4 is 12.1 Å². The maximum Gasteiger partial charge on any atom is 0.408 e. The standard InChI is InChI=1S/C24H23NO4/c26-22(27)24(13-15-9-11-16(24)12-10-15)25-23(28)29-14-21-19-7-3-1-5-17(19)18-6-2-4-8-20(18)21/h1-9,11,15-16,21H,10,12-14H2,(H,25,28)(H,26,27)/t15-,16+,24?/m1/s1. The number of carboxylic acids is 1. The molecule has 0 aromatic heterocycles. The van der Waals surface area contributed by atoms with E-state index in [2.05, 4.69) is 35.7 Å². The summed E-state index contributed by atoms with van der Waals surface area (Å²) < 4.78 is 5.59. The molecular weight excluding hydrogens is 366 g/mol. The van der Waals surface area contributed by atoms with Gasteiger partial charge in [0.05, 0.1) is 0 Å². The molecular formula is C24H23NO4. The van der Waals surface area contributed by atoms with Crippen molar-refractivity contribution in [3.05, 3.63) is 71.8 Å². The average molecular weight is 389 g/mol. The summed E-state index contributed by atoms with van der Waals surface area (Å²) in [5.41, 5.74) is 3.33. The summed E-state index contributed by atoms with van der Waals surface area (Å²) >= 11 is 0. The van der Waals surface area contributed by atoms with E-state index >= 15 is 0 Å². The van der Waals surface area contributed by atoms with Crippen molar-refractivity contribution in [1.82, 2.24) is 5.32 Å². The van der Waals surface area contributed by atoms with E-state index in [1.807, 2.05) is 30.3 Å². The van der Waals surface area contributed by atoms with E-state index in [0.29, 0.717) is 6.42 Å². The summed E-state index contributed by atoms with van der Waals surface area (Å²) in [7, 11) is 0. The SMILES string of the molecule is O=C(NC1(C(=O)O)C[C@@H]2C=C[C@H]1CC2)OCC1c2ccccc2-c2ccccc21. The topological polar surface area (TPSA) is 75.6 Å². The molecule has 2 bridgehead atoms. The number of alkyl carbamates (subject to hydrolysis) is 1. The van der Waals surface area contributed by atoms with Crippen LogP contribution in [0.25, 0.3) is 11.1 Å². The van der Waals surface area contributed by atoms with Crippen LogP contribution in [-0.2, 0) is 9.53 Å². The molecule has 0 radical (unpaired) electrons. The molecule has 148 valence electrons. The molecule has 3 atom stereocenters. The third-order valence-corrected chi connectivity index (χ3v) is 6.73. The first kappa shape index (κ1) is 18.0. The summed E-state index contributed by atoms with van der Waals surface area (Å²) in [4.78, 5) is 24.7. The number of ether oxygens (including phenoxy) is 1. The van der Waals surface area contributed by atoms with E-state index < -0.39 is 17.6 Å². The number of hydrogen-bond acceptors (Lipinski definition) is 3. The molecule has 1 amide bonds. The first-order valence-corrected chi connectivity index (χ1v) is 10.1. The molecule has 0 saturated heterocycles. The third-order valence-electron chi connectivity index (χ3n) is 6.73. The average Bonchev–Trinajstić information content (AvgIpc) is 3.07. The second-order valence-corrected chi connectivity index (χ2v) is 8.26. The van der Waals surface area contributed by atoms with E-state index in [4.69, 9.17) is 4.74 Å². The quantitative estimate of drug-likeness (QED) is 0.763. The highest BCUT2D eigenvalue weighted by atomic mass is 16.5. The molecule has 6 rings (SSSR count). The van der Waals surface area contributed by atoms with Gasteiger partial charge in [-0.2, -0.15) is 0 Å². The Bertz CT molecular complexity index is 968. The molecule has 5 nitrogen and oxygen atoms in total. The van der Waals surface area contributed by atoms with E-state index in [-0.39, 0.29) is 24.4 Å². The second kappa shape index (κ2) is 6.76. The largest absolute Gasteiger partial charge is 0.479 e. The minimum absolute atomic E-state index is 0.0448. The van der Waals surface area contributed by atoms with Gasteiger partial charge in [-0.1, -0.05) is 60.7 Å². The molecule has 2 N–H and O–H groups in total. The van der Waals surface area contributed by atoms with Gasteiger partial charge in [0.15, 0.2) is 0 Å². The van der Waals surface area contributed by atoms with E-state index in [0.717, 1.165) is 35.1 Å². The van der Waals surface area contributed by atoms with Gasteiger partial charge in [-0.15, -0.1) is 0 Å². The Morgan fingerprint density at radius 2 is 1.66 bits per heavy atom. The van der Waals surface area contributed by atoms with Crippen LogP contribution in [0.1, 0.15) is 36.3 Å². The second-order valence-electron chi connectivity index (χ2n) is 8.26. The lowest BCUT2D eigenvalue weighted by molar-refractivity contribution is -0.149. The van der Waals surface area contributed by atoms with Gasteiger partial charge in [-0.3, -0.25) is 0 Å². The van der Waals surface area contributed by atoms with Crippen molar-refractivity contribution < 1.29 is 19.4 Å². The smallest absolute Gasteiger partial charge is 0.408 e. The lowest BCUT2D eigenvalue weighted by Crippen LogP contribution is -2.62. The van der Waals surface area contributed by atoms with Gasteiger partial charge >= 0.3 is 12.1 Å². The van der Waals surface area contributed by atoms with Gasteiger partial charge in [-0.25, -0.2) is 9.59 Å². The lowest BCUT2D eigenvalue weighted by Gasteiger charge is -2.45. The molecule has 1 unspecified atom stereocenters. The molecule has 4 aliphatic rings. The van der Waals surface area contributed by atoms with Crippen LogP contribution in [-0.4, -0.2) is 29.3 Å². The number of nitrogens with one attached hydrogen (secondary N) is 1. The Morgan fingerprint density at radius 3 is 2.17 bits per heavy atom. The zero-order chi connectivity index (χ0) is 20.0. The first-order valence-electron chi connectivity index (χ1n) is 10.1. The first-order chi connectivity index (χ1) is 14.1. The molecule has 2 aromatic carbocycles. The predicted octanol–water partition coefficient (Wildman–Crippen LogP) is 4.33. The van der Waals surface area contributed by atoms with Crippen molar-refractivity contribution in [2.45, 2.75) is 30.7 Å². The van der Waals surface area contributed by atoms with Crippen LogP contribution in [0.4, 0.5) is 4.79 Å². The van der Waals surface area contributed by atoms with E-state index in [1.54, 1.807) is 0 Å². The van der Waals surface area contributed by atoms with Crippen LogP contribution in [0.3, 0.4) is 0 Å². The van der Waals surface area contributed by atoms with E-state index in [9.17, 15) is 14.7 Å². The monoisotopic (exact) mass is 389 g/mol. The molecule has 0 aliphatic heterocycles. The fourth-order valence-electron chi connectivity index (χ4n) is 5.28. The van der Waals surface area contributed by atoms with Crippen LogP contribution in [0.2, 0.25) is 0 Å². The normalized spacial score (nSPS) is 26.6. The van der Waals surface area contributed by atoms with Crippen LogP contribution in [0.15, 0.2) is 60.7 Å². The fourth-order valence-corrected chi connectivity index (χ4v) is 5.28. The predicted molar refractivity (Wildman–Crippen MR) is 109 cm³/mol. The minimum Gasteiger partial charge on any atom is -0.479 e. The number of allylic oxidation sites excluding steroid dienone is 1. The Labute approximate surface area is 169 Å². The zero-order valence-electron chi connectivity index (χ0n) is 16.0. The van der Waals surface area contributed by atoms with Crippen LogP contribution in [0.5, 0.6) is 0 Å². The zero-order valence-corrected chi connectivity index (χ0v) is 16.0. The Hall–Kier alpha value is -3.08. The number of carboxylic acid groups (broad SMARTS) is 1. The highest BCUT2D eigenvalue weighted by Crippen LogP contribution is 2.45. The number of benzene rings is 2. The lowest BCUT2D eigenvalue weighted by atomic mass is 9.64. The van der Waals surface area contributed by atoms with Gasteiger partial charge in [0.1, 0.15) is 12.1 Å². The van der Waals surface area contributed by atoms with Crippen LogP contribution in [0, 0.1) is 11.8 Å². The Kier molecular flexibility index (Phi) is 4.19. The Balaban J connectivity index is 1.34. The summed E-state index contributed by atoms with van der Waals surface area (Å²) in [6, 6.07) is 16.3. The number of amides is 1. The summed E-state index contributed by atoms with van der Waals surface area (Å²) in [5, 5.41) is 12.6. The third kappa shape index (κ3) is 2.84. The van der Waals surface area contributed by atoms with Crippen LogP contribution >= 0.6 is 0 Å². The van der Waals surface area contributed by atoms with Gasteiger partial charge < -0.3 is 15.2 Å². The summed E-state index contributed by atoms with van der Waals surface area (Å²) in [6.45, 7) is 0.180. The maximum atomic E-state index is 12.7. The number of carbonyl (C=O) groups excluding carboxylic acids is 1. The number of hydrogen-bond donors (Lipinski definition) is 2. The number of aliphatic carboxylic acids is 1. The highest BCUT2D eigenvalue weighted by Gasteiger charge is 2.52. The molecule has 0 heterocycles. The number of rotatable bonds is 4. The molecule has 29 heavy (non-hydrogen) atoms. The molecule has 5 heteroatoms. The number of fused-ring (bicyclic) bond motifs is 5. The summed E-state index contributed by atoms with van der Waals surface area (Å²) in [6.07, 6.45) is 5.53. The van der Waals surface area contributed by atoms with Crippen LogP contribution < -0.4 is 5.32 Å². The van der Waals surface area contributed by atoms with Gasteiger partial charge in [-0.05, 0) is 47.4 Å². The number of carbonyl (C=O) groups is 2. The van der Waals surface area contributed by atoms with Crippen molar-refractivity contribution in [3.63, 3.8) is 0 Å². The van der Waals surface area contributed by atoms with E-state index in [1.165, 1.54) is 0 Å². The van der Waals surface area contributed by atoms with Crippen molar-refractivity contribution in [2.24, 2.45) is 11.8 Å². The van der Waals surface area contributed by atoms with Gasteiger partial charge in [0.25, 0.3) is 0 Å². The summed E-state index contributed by atoms with van der Waals surface area (Å²) in [5.74, 6) is -1.02. The maximum absolute atomic E-state index is 12.7. The van der Waals surface area contributed by atoms with Gasteiger partial charge in [0.2, 0.25) is 0 Å². The molecule has 1 saturated carbocycles. The van der Waals surface area contributed by atoms with Crippen molar-refractivity contribution in [1.29, 1.82) is 0 Å². The molecule has 2 aromatic rings. The van der Waals surface area contributed by atoms with Crippen molar-refractivity contribution in [3.8, 4) is 11.1 Å². The molecule has 1 fully saturated rings. The Morgan fingerprint density at radius 1 is 1.00 bits per heavy atom. The minimum atomic E-state index is -1.26. The highest BCUT2D eigenvalue weighted by molar-refractivity contribution is 5.86. The molecule has 4 aliphatic carbocycles. The fraction of sp³-hybridized carbons (Fsp3) is 0.333. The molecule has 0 spiro atoms. The van der Waals surface area contributed by atoms with Gasteiger partial charge in [0, 0.05) is 11.8 Å². The van der Waals surface area contributed by atoms with Crippen molar-refractivity contribution in [2.75, 3.05) is 6.61 Å².